The Morgan fingerprint density at radius 3 is 3.18 bits per heavy atom. The molecule has 2 fully saturated rings. The number of hydrogen-bond donors (Lipinski definition) is 2. The zero-order chi connectivity index (χ0) is 19.6. The van der Waals surface area contributed by atoms with Crippen LogP contribution in [0.25, 0.3) is 0 Å². The molecule has 0 radical (unpaired) electrons. The lowest BCUT2D eigenvalue weighted by molar-refractivity contribution is 0.0893. The zero-order valence-electron chi connectivity index (χ0n) is 16.7. The maximum Gasteiger partial charge on any atom is 0.191 e. The molecule has 0 spiro atoms. The van der Waals surface area contributed by atoms with E-state index in [0.717, 1.165) is 83.6 Å². The number of guanidine groups is 1. The molecule has 0 aliphatic carbocycles. The van der Waals surface area contributed by atoms with Gasteiger partial charge in [-0.05, 0) is 38.3 Å². The summed E-state index contributed by atoms with van der Waals surface area (Å²) in [6.07, 6.45) is 4.86. The Morgan fingerprint density at radius 1 is 1.46 bits per heavy atom. The van der Waals surface area contributed by atoms with Gasteiger partial charge in [0.15, 0.2) is 5.96 Å². The Bertz CT molecular complexity index is 624. The number of nitrogens with zero attached hydrogens (tertiary/aromatic N) is 3. The predicted octanol–water partition coefficient (Wildman–Crippen LogP) is 2.31. The van der Waals surface area contributed by atoms with Crippen LogP contribution in [0.1, 0.15) is 26.2 Å². The number of halogens is 1. The van der Waals surface area contributed by atoms with E-state index < -0.39 is 0 Å². The number of hydrogen-bond acceptors (Lipinski definition) is 5. The topological polar surface area (TPSA) is 71.0 Å². The predicted molar refractivity (Wildman–Crippen MR) is 113 cm³/mol. The van der Waals surface area contributed by atoms with Crippen LogP contribution in [0, 0.1) is 5.92 Å². The fraction of sp³-hybridized carbons (Fsp3) is 0.700. The van der Waals surface area contributed by atoms with Gasteiger partial charge in [-0.15, -0.1) is 0 Å². The van der Waals surface area contributed by atoms with Crippen LogP contribution in [0.3, 0.4) is 0 Å². The number of anilines is 1. The van der Waals surface area contributed by atoms with Crippen LogP contribution in [-0.4, -0.2) is 69.6 Å². The first-order valence-electron chi connectivity index (χ1n) is 10.3. The summed E-state index contributed by atoms with van der Waals surface area (Å²) in [5, 5.41) is 7.57. The smallest absolute Gasteiger partial charge is 0.191 e. The molecule has 0 aromatic carbocycles. The average Bonchev–Trinajstić information content (AvgIpc) is 3.37. The van der Waals surface area contributed by atoms with E-state index in [-0.39, 0.29) is 0 Å². The molecule has 3 heterocycles. The molecule has 2 aliphatic heterocycles. The van der Waals surface area contributed by atoms with E-state index in [2.05, 4.69) is 27.4 Å². The van der Waals surface area contributed by atoms with Gasteiger partial charge in [-0.2, -0.15) is 0 Å². The van der Waals surface area contributed by atoms with Gasteiger partial charge in [-0.3, -0.25) is 4.99 Å². The third-order valence-corrected chi connectivity index (χ3v) is 5.30. The standard InChI is InChI=1S/C20H32ClN5O2/c1-2-22-20(24-9-4-11-27-14-16-7-12-28-15-16)25-17-6-10-26(13-17)19-18(21)5-3-8-23-19/h3,5,8,16-17H,2,4,6-7,9-15H2,1H3,(H2,22,24,25). The minimum absolute atomic E-state index is 0.328. The van der Waals surface area contributed by atoms with Crippen LogP contribution < -0.4 is 15.5 Å². The largest absolute Gasteiger partial charge is 0.381 e. The Balaban J connectivity index is 1.38. The maximum atomic E-state index is 6.28. The minimum atomic E-state index is 0.328. The van der Waals surface area contributed by atoms with Gasteiger partial charge in [0.2, 0.25) is 0 Å². The van der Waals surface area contributed by atoms with Crippen molar-refractivity contribution in [1.82, 2.24) is 15.6 Å². The molecule has 156 valence electrons. The van der Waals surface area contributed by atoms with Crippen molar-refractivity contribution in [2.45, 2.75) is 32.2 Å². The fourth-order valence-corrected chi connectivity index (χ4v) is 3.76. The second kappa shape index (κ2) is 11.4. The van der Waals surface area contributed by atoms with E-state index in [1.165, 1.54) is 0 Å². The van der Waals surface area contributed by atoms with E-state index in [9.17, 15) is 0 Å². The lowest BCUT2D eigenvalue weighted by Gasteiger charge is -2.20. The van der Waals surface area contributed by atoms with Crippen LogP contribution in [0.2, 0.25) is 5.02 Å². The van der Waals surface area contributed by atoms with Crippen LogP contribution in [0.15, 0.2) is 23.3 Å². The van der Waals surface area contributed by atoms with Crippen molar-refractivity contribution in [3.05, 3.63) is 23.4 Å². The molecule has 3 rings (SSSR count). The first-order valence-corrected chi connectivity index (χ1v) is 10.7. The first kappa shape index (κ1) is 21.1. The summed E-state index contributed by atoms with van der Waals surface area (Å²) in [5.74, 6) is 2.30. The number of aromatic nitrogens is 1. The highest BCUT2D eigenvalue weighted by molar-refractivity contribution is 6.32. The zero-order valence-corrected chi connectivity index (χ0v) is 17.5. The quantitative estimate of drug-likeness (QED) is 0.370. The molecule has 2 atom stereocenters. The Morgan fingerprint density at radius 2 is 2.39 bits per heavy atom. The van der Waals surface area contributed by atoms with Crippen molar-refractivity contribution in [3.8, 4) is 0 Å². The molecule has 2 aliphatic rings. The minimum Gasteiger partial charge on any atom is -0.381 e. The number of aliphatic imine (C=N–C) groups is 1. The highest BCUT2D eigenvalue weighted by Gasteiger charge is 2.25. The summed E-state index contributed by atoms with van der Waals surface area (Å²) in [6, 6.07) is 4.08. The SMILES string of the molecule is CCNC(=NCCCOCC1CCOC1)NC1CCN(c2ncccc2Cl)C1. The van der Waals surface area contributed by atoms with Crippen LogP contribution in [0.4, 0.5) is 5.82 Å². The molecule has 1 aromatic heterocycles. The van der Waals surface area contributed by atoms with E-state index >= 15 is 0 Å². The fourth-order valence-electron chi connectivity index (χ4n) is 3.52. The number of pyridine rings is 1. The molecule has 2 unspecified atom stereocenters. The van der Waals surface area contributed by atoms with Crippen molar-refractivity contribution in [1.29, 1.82) is 0 Å². The first-order chi connectivity index (χ1) is 13.8. The molecule has 2 saturated heterocycles. The van der Waals surface area contributed by atoms with Crippen LogP contribution in [0.5, 0.6) is 0 Å². The lowest BCUT2D eigenvalue weighted by atomic mass is 10.1. The molecule has 2 N–H and O–H groups in total. The third-order valence-electron chi connectivity index (χ3n) is 5.01. The van der Waals surface area contributed by atoms with Gasteiger partial charge in [-0.1, -0.05) is 11.6 Å². The van der Waals surface area contributed by atoms with Crippen molar-refractivity contribution < 1.29 is 9.47 Å². The van der Waals surface area contributed by atoms with E-state index in [4.69, 9.17) is 26.1 Å². The van der Waals surface area contributed by atoms with Crippen molar-refractivity contribution in [2.75, 3.05) is 57.5 Å². The number of nitrogens with one attached hydrogen (secondary N) is 2. The third kappa shape index (κ3) is 6.50. The Hall–Kier alpha value is -1.57. The maximum absolute atomic E-state index is 6.28. The molecular formula is C20H32ClN5O2. The van der Waals surface area contributed by atoms with Gasteiger partial charge < -0.3 is 25.0 Å². The van der Waals surface area contributed by atoms with Gasteiger partial charge in [0.1, 0.15) is 5.82 Å². The Labute approximate surface area is 172 Å². The second-order valence-electron chi connectivity index (χ2n) is 7.30. The summed E-state index contributed by atoms with van der Waals surface area (Å²) < 4.78 is 11.1. The Kier molecular flexibility index (Phi) is 8.64. The van der Waals surface area contributed by atoms with Crippen LogP contribution >= 0.6 is 11.6 Å². The van der Waals surface area contributed by atoms with Gasteiger partial charge in [-0.25, -0.2) is 4.98 Å². The average molecular weight is 410 g/mol. The molecule has 1 aromatic rings. The lowest BCUT2D eigenvalue weighted by Crippen LogP contribution is -2.44. The highest BCUT2D eigenvalue weighted by atomic mass is 35.5. The molecule has 0 bridgehead atoms. The molecule has 0 saturated carbocycles. The highest BCUT2D eigenvalue weighted by Crippen LogP contribution is 2.25. The molecular weight excluding hydrogens is 378 g/mol. The van der Waals surface area contributed by atoms with Gasteiger partial charge in [0, 0.05) is 57.5 Å². The van der Waals surface area contributed by atoms with Gasteiger partial charge >= 0.3 is 0 Å². The molecule has 7 nitrogen and oxygen atoms in total. The number of rotatable bonds is 9. The summed E-state index contributed by atoms with van der Waals surface area (Å²) >= 11 is 6.28. The van der Waals surface area contributed by atoms with Crippen molar-refractivity contribution in [2.24, 2.45) is 10.9 Å². The van der Waals surface area contributed by atoms with Gasteiger partial charge in [0.25, 0.3) is 0 Å². The molecule has 0 amide bonds. The van der Waals surface area contributed by atoms with E-state index in [1.807, 2.05) is 12.1 Å². The van der Waals surface area contributed by atoms with Gasteiger partial charge in [0.05, 0.1) is 18.2 Å². The van der Waals surface area contributed by atoms with Crippen molar-refractivity contribution in [3.63, 3.8) is 0 Å². The monoisotopic (exact) mass is 409 g/mol. The van der Waals surface area contributed by atoms with Crippen molar-refractivity contribution >= 4 is 23.4 Å². The summed E-state index contributed by atoms with van der Waals surface area (Å²) in [7, 11) is 0. The normalized spacial score (nSPS) is 22.6. The summed E-state index contributed by atoms with van der Waals surface area (Å²) in [5.41, 5.74) is 0. The second-order valence-corrected chi connectivity index (χ2v) is 7.71. The van der Waals surface area contributed by atoms with E-state index in [0.29, 0.717) is 17.0 Å². The van der Waals surface area contributed by atoms with Crippen LogP contribution in [-0.2, 0) is 9.47 Å². The summed E-state index contributed by atoms with van der Waals surface area (Å²) in [4.78, 5) is 11.3. The molecule has 28 heavy (non-hydrogen) atoms. The van der Waals surface area contributed by atoms with E-state index in [1.54, 1.807) is 6.20 Å². The number of ether oxygens (including phenoxy) is 2. The molecule has 8 heteroatoms. The summed E-state index contributed by atoms with van der Waals surface area (Å²) in [6.45, 7) is 8.74.